The van der Waals surface area contributed by atoms with E-state index < -0.39 is 84.8 Å². The molecule has 0 aromatic carbocycles. The van der Waals surface area contributed by atoms with Gasteiger partial charge in [-0.15, -0.1) is 10.2 Å². The molecule has 0 aliphatic carbocycles. The predicted molar refractivity (Wildman–Crippen MR) is 165 cm³/mol. The first kappa shape index (κ1) is 39.3. The normalized spacial score (nSPS) is 34.3. The quantitative estimate of drug-likeness (QED) is 0.112. The third kappa shape index (κ3) is 9.73. The van der Waals surface area contributed by atoms with Crippen molar-refractivity contribution < 1.29 is 68.8 Å². The molecule has 2 fully saturated rings. The summed E-state index contributed by atoms with van der Waals surface area (Å²) in [5, 5.41) is 88.9. The van der Waals surface area contributed by atoms with Crippen LogP contribution in [0.4, 0.5) is 0 Å². The Kier molecular flexibility index (Phi) is 13.8. The molecule has 2 aromatic heterocycles. The van der Waals surface area contributed by atoms with E-state index in [1.54, 1.807) is 0 Å². The fraction of sp³-hybridized carbons (Fsp3) is 0.714. The van der Waals surface area contributed by atoms with E-state index >= 15 is 0 Å². The second-order valence-electron chi connectivity index (χ2n) is 12.1. The topological polar surface area (TPSA) is 336 Å². The highest BCUT2D eigenvalue weighted by molar-refractivity contribution is 6.38. The molecule has 0 radical (unpaired) electrons. The van der Waals surface area contributed by atoms with Crippen molar-refractivity contribution in [3.8, 4) is 0 Å². The number of hydrogen-bond donors (Lipinski definition) is 10. The molecule has 24 nitrogen and oxygen atoms in total. The highest BCUT2D eigenvalue weighted by Gasteiger charge is 2.50. The van der Waals surface area contributed by atoms with Gasteiger partial charge in [-0.25, -0.2) is 0 Å². The van der Waals surface area contributed by atoms with Crippen molar-refractivity contribution in [1.82, 2.24) is 51.3 Å². The highest BCUT2D eigenvalue weighted by atomic mass is 16.7. The number of rotatable bonds is 0. The Morgan fingerprint density at radius 2 is 0.981 bits per heavy atom. The average Bonchev–Trinajstić information content (AvgIpc) is 3.92. The molecule has 8 bridgehead atoms. The maximum atomic E-state index is 12.5. The SMILES string of the molecule is O=C1NCCNCCn2cc(nn2)CO[C@@H]2O[C@H]([C@H](O)[C@H]2O)[C@H](O)C(=O)C(=O)NCCNCCn2cc(nn2)CO[C@@H]2O[C@H]([C@H](O)[C@H]2O)[C@H](O)C1=O. The number of carbonyl (C=O) groups excluding carboxylic acids is 4. The third-order valence-corrected chi connectivity index (χ3v) is 8.29. The molecule has 5 heterocycles. The van der Waals surface area contributed by atoms with E-state index in [4.69, 9.17) is 18.9 Å². The van der Waals surface area contributed by atoms with Crippen molar-refractivity contribution in [2.75, 3.05) is 39.3 Å². The van der Waals surface area contributed by atoms with Gasteiger partial charge in [0.2, 0.25) is 0 Å². The summed E-state index contributed by atoms with van der Waals surface area (Å²) in [6.07, 6.45) is -14.1. The van der Waals surface area contributed by atoms with E-state index in [1.807, 2.05) is 0 Å². The van der Waals surface area contributed by atoms with E-state index in [0.29, 0.717) is 37.6 Å². The van der Waals surface area contributed by atoms with Crippen LogP contribution in [0, 0.1) is 0 Å². The molecule has 288 valence electrons. The fourth-order valence-electron chi connectivity index (χ4n) is 5.41. The summed E-state index contributed by atoms with van der Waals surface area (Å²) < 4.78 is 24.6. The standard InChI is InChI=1S/C28H42N10O14/c39-15-19(43)25(47)31-3-1-29-5-7-37-9-13(33-35-37)11-49-28-22(46)18(42)24(52-28)16(40)20(44)26(48)32-4-2-30-6-8-38-10-14(34-36-38)12-50-27-21(45)17(41)23(15)51-27/h9-10,15-18,21-24,27-30,39-42,45-46H,1-8,11-12H2,(H,31,47)(H,32,48)/t15-,16-,17-,18-,21-,22-,23+,24+,27-,28-/m1/s1. The van der Waals surface area contributed by atoms with Crippen molar-refractivity contribution in [2.24, 2.45) is 0 Å². The third-order valence-electron chi connectivity index (χ3n) is 8.29. The summed E-state index contributed by atoms with van der Waals surface area (Å²) in [5.74, 6) is -4.82. The number of ether oxygens (including phenoxy) is 4. The average molecular weight is 743 g/mol. The van der Waals surface area contributed by atoms with E-state index in [0.717, 1.165) is 0 Å². The Labute approximate surface area is 294 Å². The first-order valence-corrected chi connectivity index (χ1v) is 16.4. The van der Waals surface area contributed by atoms with Gasteiger partial charge in [-0.2, -0.15) is 0 Å². The lowest BCUT2D eigenvalue weighted by molar-refractivity contribution is -0.186. The molecule has 24 heteroatoms. The van der Waals surface area contributed by atoms with Gasteiger partial charge in [-0.05, 0) is 0 Å². The van der Waals surface area contributed by atoms with Gasteiger partial charge in [-0.1, -0.05) is 10.4 Å². The molecule has 3 aliphatic heterocycles. The molecule has 5 rings (SSSR count). The van der Waals surface area contributed by atoms with Crippen LogP contribution >= 0.6 is 0 Å². The summed E-state index contributed by atoms with van der Waals surface area (Å²) in [5.41, 5.74) is 0.625. The van der Waals surface area contributed by atoms with Crippen molar-refractivity contribution >= 4 is 23.4 Å². The van der Waals surface area contributed by atoms with Gasteiger partial charge in [0.25, 0.3) is 23.4 Å². The van der Waals surface area contributed by atoms with Gasteiger partial charge in [0.05, 0.1) is 38.7 Å². The summed E-state index contributed by atoms with van der Waals surface area (Å²) in [6, 6.07) is 0. The van der Waals surface area contributed by atoms with Crippen molar-refractivity contribution in [2.45, 2.75) is 87.7 Å². The van der Waals surface area contributed by atoms with Crippen LogP contribution in [0.25, 0.3) is 0 Å². The molecule has 0 spiro atoms. The second-order valence-corrected chi connectivity index (χ2v) is 12.1. The van der Waals surface area contributed by atoms with Crippen LogP contribution in [0.3, 0.4) is 0 Å². The Balaban J connectivity index is 1.17. The highest BCUT2D eigenvalue weighted by Crippen LogP contribution is 2.27. The van der Waals surface area contributed by atoms with Crippen LogP contribution in [-0.2, 0) is 64.4 Å². The molecular weight excluding hydrogens is 700 g/mol. The first-order valence-electron chi connectivity index (χ1n) is 16.4. The fourth-order valence-corrected chi connectivity index (χ4v) is 5.41. The van der Waals surface area contributed by atoms with Gasteiger partial charge >= 0.3 is 0 Å². The van der Waals surface area contributed by atoms with Crippen molar-refractivity contribution in [3.05, 3.63) is 23.8 Å². The van der Waals surface area contributed by atoms with Gasteiger partial charge in [0, 0.05) is 39.3 Å². The molecule has 10 atom stereocenters. The van der Waals surface area contributed by atoms with Gasteiger partial charge < -0.3 is 70.9 Å². The lowest BCUT2D eigenvalue weighted by atomic mass is 10.0. The van der Waals surface area contributed by atoms with Crippen LogP contribution in [0.15, 0.2) is 12.4 Å². The summed E-state index contributed by atoms with van der Waals surface area (Å²) in [7, 11) is 0. The maximum Gasteiger partial charge on any atom is 0.290 e. The molecule has 52 heavy (non-hydrogen) atoms. The second kappa shape index (κ2) is 18.2. The first-order chi connectivity index (χ1) is 24.9. The number of aliphatic hydroxyl groups is 6. The Hall–Kier alpha value is -3.92. The zero-order chi connectivity index (χ0) is 37.4. The van der Waals surface area contributed by atoms with Gasteiger partial charge in [0.15, 0.2) is 24.8 Å². The monoisotopic (exact) mass is 742 g/mol. The largest absolute Gasteiger partial charge is 0.387 e. The van der Waals surface area contributed by atoms with E-state index in [2.05, 4.69) is 41.9 Å². The molecule has 2 amide bonds. The van der Waals surface area contributed by atoms with Crippen LogP contribution in [-0.4, -0.2) is 185 Å². The Morgan fingerprint density at radius 3 is 1.38 bits per heavy atom. The number of hydrogen-bond acceptors (Lipinski definition) is 20. The minimum Gasteiger partial charge on any atom is -0.387 e. The number of carbonyl (C=O) groups is 4. The lowest BCUT2D eigenvalue weighted by Gasteiger charge is -2.19. The number of Topliss-reactive ketones (excluding diaryl/α,β-unsaturated/α-hetero) is 2. The number of amides is 2. The maximum absolute atomic E-state index is 12.5. The zero-order valence-corrected chi connectivity index (χ0v) is 27.6. The summed E-state index contributed by atoms with van der Waals surface area (Å²) >= 11 is 0. The van der Waals surface area contributed by atoms with E-state index in [-0.39, 0.29) is 39.4 Å². The lowest BCUT2D eigenvalue weighted by Crippen LogP contribution is -2.49. The number of ketones is 2. The summed E-state index contributed by atoms with van der Waals surface area (Å²) in [6.45, 7) is 1.29. The minimum absolute atomic E-state index is 0.00551. The molecule has 0 saturated carbocycles. The Morgan fingerprint density at radius 1 is 0.577 bits per heavy atom. The molecule has 2 saturated heterocycles. The van der Waals surface area contributed by atoms with E-state index in [1.165, 1.54) is 21.8 Å². The predicted octanol–water partition coefficient (Wildman–Crippen LogP) is -8.22. The van der Waals surface area contributed by atoms with Crippen molar-refractivity contribution in [3.63, 3.8) is 0 Å². The Bertz CT molecular complexity index is 1420. The van der Waals surface area contributed by atoms with Crippen molar-refractivity contribution in [1.29, 1.82) is 0 Å². The molecular formula is C28H42N10O14. The molecule has 3 aliphatic rings. The molecule has 0 unspecified atom stereocenters. The minimum atomic E-state index is -2.09. The number of aromatic nitrogens is 6. The van der Waals surface area contributed by atoms with Gasteiger partial charge in [0.1, 0.15) is 48.0 Å². The number of aliphatic hydroxyl groups excluding tert-OH is 6. The van der Waals surface area contributed by atoms with E-state index in [9.17, 15) is 49.8 Å². The van der Waals surface area contributed by atoms with Crippen LogP contribution in [0.1, 0.15) is 11.4 Å². The number of nitrogens with zero attached hydrogens (tertiary/aromatic N) is 6. The van der Waals surface area contributed by atoms with Crippen LogP contribution in [0.2, 0.25) is 0 Å². The number of fused-ring (bicyclic) bond motifs is 8. The summed E-state index contributed by atoms with van der Waals surface area (Å²) in [4.78, 5) is 49.8. The number of nitrogens with one attached hydrogen (secondary N) is 4. The van der Waals surface area contributed by atoms with Gasteiger partial charge in [-0.3, -0.25) is 28.5 Å². The molecule has 2 aromatic rings. The zero-order valence-electron chi connectivity index (χ0n) is 27.6. The van der Waals surface area contributed by atoms with Crippen LogP contribution < -0.4 is 21.3 Å². The molecule has 10 N–H and O–H groups in total. The van der Waals surface area contributed by atoms with Crippen LogP contribution in [0.5, 0.6) is 0 Å². The smallest absolute Gasteiger partial charge is 0.290 e.